The van der Waals surface area contributed by atoms with Crippen LogP contribution < -0.4 is 10.6 Å². The van der Waals surface area contributed by atoms with E-state index in [0.717, 1.165) is 31.0 Å². The minimum Gasteiger partial charge on any atom is -0.315 e. The second-order valence-corrected chi connectivity index (χ2v) is 4.68. The molecule has 1 atom stereocenters. The zero-order valence-electron chi connectivity index (χ0n) is 11.6. The van der Waals surface area contributed by atoms with Gasteiger partial charge in [0.25, 0.3) is 0 Å². The van der Waals surface area contributed by atoms with E-state index < -0.39 is 0 Å². The van der Waals surface area contributed by atoms with Crippen molar-refractivity contribution in [3.8, 4) is 5.69 Å². The first-order chi connectivity index (χ1) is 9.29. The third-order valence-electron chi connectivity index (χ3n) is 3.00. The van der Waals surface area contributed by atoms with Crippen LogP contribution in [-0.2, 0) is 6.54 Å². The quantitative estimate of drug-likeness (QED) is 0.798. The molecule has 0 fully saturated rings. The van der Waals surface area contributed by atoms with Gasteiger partial charge in [-0.3, -0.25) is 0 Å². The summed E-state index contributed by atoms with van der Waals surface area (Å²) < 4.78 is 1.91. The van der Waals surface area contributed by atoms with E-state index in [-0.39, 0.29) is 0 Å². The monoisotopic (exact) mass is 258 g/mol. The summed E-state index contributed by atoms with van der Waals surface area (Å²) >= 11 is 0. The third kappa shape index (κ3) is 4.19. The zero-order chi connectivity index (χ0) is 13.5. The van der Waals surface area contributed by atoms with Gasteiger partial charge in [-0.15, -0.1) is 0 Å². The molecule has 19 heavy (non-hydrogen) atoms. The van der Waals surface area contributed by atoms with Crippen molar-refractivity contribution in [1.29, 1.82) is 0 Å². The Kier molecular flexibility index (Phi) is 5.12. The molecule has 4 nitrogen and oxygen atoms in total. The summed E-state index contributed by atoms with van der Waals surface area (Å²) in [6.07, 6.45) is 2.00. The highest BCUT2D eigenvalue weighted by Gasteiger charge is 2.03. The number of likely N-dealkylation sites (N-methyl/N-ethyl adjacent to an activating group) is 1. The average molecular weight is 258 g/mol. The van der Waals surface area contributed by atoms with Crippen LogP contribution in [0.15, 0.2) is 42.6 Å². The average Bonchev–Trinajstić information content (AvgIpc) is 2.93. The van der Waals surface area contributed by atoms with Gasteiger partial charge in [-0.25, -0.2) is 4.68 Å². The lowest BCUT2D eigenvalue weighted by atomic mass is 10.3. The molecule has 2 rings (SSSR count). The molecule has 1 unspecified atom stereocenters. The standard InChI is InChI=1S/C15H22N4/c1-3-16-11-13(2)17-12-14-9-10-19(18-14)15-7-5-4-6-8-15/h4-10,13,16-17H,3,11-12H2,1-2H3. The number of aromatic nitrogens is 2. The van der Waals surface area contributed by atoms with Crippen LogP contribution in [0, 0.1) is 0 Å². The number of rotatable bonds is 7. The van der Waals surface area contributed by atoms with Crippen LogP contribution >= 0.6 is 0 Å². The molecule has 0 saturated carbocycles. The van der Waals surface area contributed by atoms with E-state index in [1.807, 2.05) is 29.1 Å². The van der Waals surface area contributed by atoms with E-state index in [2.05, 4.69) is 47.8 Å². The number of hydrogen-bond acceptors (Lipinski definition) is 3. The summed E-state index contributed by atoms with van der Waals surface area (Å²) in [6, 6.07) is 12.7. The largest absolute Gasteiger partial charge is 0.315 e. The summed E-state index contributed by atoms with van der Waals surface area (Å²) in [4.78, 5) is 0. The predicted octanol–water partition coefficient (Wildman–Crippen LogP) is 1.96. The van der Waals surface area contributed by atoms with Crippen molar-refractivity contribution in [2.24, 2.45) is 0 Å². The first-order valence-electron chi connectivity index (χ1n) is 6.83. The Morgan fingerprint density at radius 1 is 1.21 bits per heavy atom. The molecule has 0 aliphatic carbocycles. The lowest BCUT2D eigenvalue weighted by Crippen LogP contribution is -2.35. The molecular formula is C15H22N4. The molecule has 1 heterocycles. The van der Waals surface area contributed by atoms with Gasteiger partial charge < -0.3 is 10.6 Å². The van der Waals surface area contributed by atoms with Crippen LogP contribution in [0.3, 0.4) is 0 Å². The minimum atomic E-state index is 0.446. The van der Waals surface area contributed by atoms with Gasteiger partial charge in [0, 0.05) is 25.3 Å². The molecule has 1 aromatic carbocycles. The van der Waals surface area contributed by atoms with Gasteiger partial charge in [0.05, 0.1) is 11.4 Å². The van der Waals surface area contributed by atoms with Crippen molar-refractivity contribution in [2.75, 3.05) is 13.1 Å². The van der Waals surface area contributed by atoms with Gasteiger partial charge in [-0.2, -0.15) is 5.10 Å². The molecule has 4 heteroatoms. The SMILES string of the molecule is CCNCC(C)NCc1ccn(-c2ccccc2)n1. The van der Waals surface area contributed by atoms with E-state index in [4.69, 9.17) is 0 Å². The third-order valence-corrected chi connectivity index (χ3v) is 3.00. The lowest BCUT2D eigenvalue weighted by Gasteiger charge is -2.12. The van der Waals surface area contributed by atoms with Gasteiger partial charge in [-0.1, -0.05) is 25.1 Å². The van der Waals surface area contributed by atoms with Gasteiger partial charge in [0.15, 0.2) is 0 Å². The first kappa shape index (κ1) is 13.8. The van der Waals surface area contributed by atoms with E-state index in [1.165, 1.54) is 0 Å². The number of para-hydroxylation sites is 1. The fourth-order valence-corrected chi connectivity index (χ4v) is 1.89. The molecule has 0 aliphatic heterocycles. The Balaban J connectivity index is 1.88. The summed E-state index contributed by atoms with van der Waals surface area (Å²) in [6.45, 7) is 7.09. The second-order valence-electron chi connectivity index (χ2n) is 4.68. The van der Waals surface area contributed by atoms with Gasteiger partial charge in [-0.05, 0) is 31.7 Å². The smallest absolute Gasteiger partial charge is 0.0766 e. The van der Waals surface area contributed by atoms with Crippen LogP contribution in [0.2, 0.25) is 0 Å². The molecule has 0 saturated heterocycles. The van der Waals surface area contributed by atoms with Crippen molar-refractivity contribution >= 4 is 0 Å². The lowest BCUT2D eigenvalue weighted by molar-refractivity contribution is 0.504. The van der Waals surface area contributed by atoms with Crippen LogP contribution in [0.5, 0.6) is 0 Å². The van der Waals surface area contributed by atoms with Gasteiger partial charge >= 0.3 is 0 Å². The number of nitrogens with one attached hydrogen (secondary N) is 2. The topological polar surface area (TPSA) is 41.9 Å². The van der Waals surface area contributed by atoms with Crippen molar-refractivity contribution in [3.63, 3.8) is 0 Å². The molecule has 2 aromatic rings. The second kappa shape index (κ2) is 7.07. The highest BCUT2D eigenvalue weighted by atomic mass is 15.3. The van der Waals surface area contributed by atoms with E-state index in [9.17, 15) is 0 Å². The number of hydrogen-bond donors (Lipinski definition) is 2. The predicted molar refractivity (Wildman–Crippen MR) is 78.4 cm³/mol. The molecule has 0 aliphatic rings. The first-order valence-corrected chi connectivity index (χ1v) is 6.83. The van der Waals surface area contributed by atoms with Gasteiger partial charge in [0.2, 0.25) is 0 Å². The fraction of sp³-hybridized carbons (Fsp3) is 0.400. The molecule has 0 bridgehead atoms. The van der Waals surface area contributed by atoms with Gasteiger partial charge in [0.1, 0.15) is 0 Å². The maximum absolute atomic E-state index is 4.57. The molecule has 2 N–H and O–H groups in total. The van der Waals surface area contributed by atoms with E-state index >= 15 is 0 Å². The minimum absolute atomic E-state index is 0.446. The Morgan fingerprint density at radius 2 is 2.00 bits per heavy atom. The van der Waals surface area contributed by atoms with Crippen LogP contribution in [-0.4, -0.2) is 28.9 Å². The van der Waals surface area contributed by atoms with Crippen LogP contribution in [0.4, 0.5) is 0 Å². The number of benzene rings is 1. The molecular weight excluding hydrogens is 236 g/mol. The fourth-order valence-electron chi connectivity index (χ4n) is 1.89. The van der Waals surface area contributed by atoms with Crippen molar-refractivity contribution in [1.82, 2.24) is 20.4 Å². The van der Waals surface area contributed by atoms with Crippen molar-refractivity contribution in [2.45, 2.75) is 26.4 Å². The van der Waals surface area contributed by atoms with Crippen molar-refractivity contribution < 1.29 is 0 Å². The highest BCUT2D eigenvalue weighted by molar-refractivity contribution is 5.30. The Bertz CT molecular complexity index is 478. The summed E-state index contributed by atoms with van der Waals surface area (Å²) in [5.41, 5.74) is 2.15. The maximum atomic E-state index is 4.57. The zero-order valence-corrected chi connectivity index (χ0v) is 11.6. The Hall–Kier alpha value is -1.65. The molecule has 0 spiro atoms. The Labute approximate surface area is 114 Å². The molecule has 0 radical (unpaired) electrons. The maximum Gasteiger partial charge on any atom is 0.0766 e. The van der Waals surface area contributed by atoms with E-state index in [1.54, 1.807) is 0 Å². The normalized spacial score (nSPS) is 12.5. The highest BCUT2D eigenvalue weighted by Crippen LogP contribution is 2.06. The number of nitrogens with zero attached hydrogens (tertiary/aromatic N) is 2. The van der Waals surface area contributed by atoms with Crippen molar-refractivity contribution in [3.05, 3.63) is 48.3 Å². The van der Waals surface area contributed by atoms with E-state index in [0.29, 0.717) is 6.04 Å². The summed E-state index contributed by atoms with van der Waals surface area (Å²) in [5, 5.41) is 11.4. The summed E-state index contributed by atoms with van der Waals surface area (Å²) in [7, 11) is 0. The molecule has 1 aromatic heterocycles. The van der Waals surface area contributed by atoms with Crippen LogP contribution in [0.25, 0.3) is 5.69 Å². The Morgan fingerprint density at radius 3 is 2.74 bits per heavy atom. The van der Waals surface area contributed by atoms with Crippen LogP contribution in [0.1, 0.15) is 19.5 Å². The molecule has 0 amide bonds. The summed E-state index contributed by atoms with van der Waals surface area (Å²) in [5.74, 6) is 0. The molecule has 102 valence electrons.